The predicted molar refractivity (Wildman–Crippen MR) is 224 cm³/mol. The van der Waals surface area contributed by atoms with Gasteiger partial charge in [-0.2, -0.15) is 0 Å². The average molecular weight is 666 g/mol. The first kappa shape index (κ1) is 48.5. The lowest BCUT2D eigenvalue weighted by molar-refractivity contribution is 0.370. The first-order valence-electron chi connectivity index (χ1n) is 20.9. The van der Waals surface area contributed by atoms with E-state index in [1.807, 2.05) is 0 Å². The fourth-order valence-electron chi connectivity index (χ4n) is 6.71. The number of hydrogen-bond donors (Lipinski definition) is 1. The Hall–Kier alpha value is -1.60. The van der Waals surface area contributed by atoms with E-state index in [0.29, 0.717) is 18.4 Å². The normalized spacial score (nSPS) is 17.0. The summed E-state index contributed by atoms with van der Waals surface area (Å²) in [5.74, 6) is 3.15. The molecule has 0 radical (unpaired) electrons. The van der Waals surface area contributed by atoms with E-state index in [1.54, 1.807) is 11.1 Å². The Kier molecular flexibility index (Phi) is 35.6. The van der Waals surface area contributed by atoms with Crippen molar-refractivity contribution < 1.29 is 0 Å². The number of unbranched alkanes of at least 4 members (excludes halogenated alkanes) is 5. The quantitative estimate of drug-likeness (QED) is 0.102. The lowest BCUT2D eigenvalue weighted by Gasteiger charge is -2.28. The second-order valence-corrected chi connectivity index (χ2v) is 14.9. The van der Waals surface area contributed by atoms with Gasteiger partial charge in [0.05, 0.1) is 0 Å². The molecule has 3 atom stereocenters. The van der Waals surface area contributed by atoms with Crippen LogP contribution in [0.4, 0.5) is 0 Å². The van der Waals surface area contributed by atoms with Crippen molar-refractivity contribution in [1.82, 2.24) is 0 Å². The summed E-state index contributed by atoms with van der Waals surface area (Å²) in [5, 5.41) is 0. The van der Waals surface area contributed by atoms with Crippen LogP contribution >= 0.6 is 0 Å². The first-order chi connectivity index (χ1) is 23.2. The highest BCUT2D eigenvalue weighted by Crippen LogP contribution is 2.34. The van der Waals surface area contributed by atoms with Crippen molar-refractivity contribution in [3.8, 4) is 0 Å². The fourth-order valence-corrected chi connectivity index (χ4v) is 6.71. The molecule has 280 valence electrons. The molecule has 0 spiro atoms. The van der Waals surface area contributed by atoms with Crippen molar-refractivity contribution in [2.75, 3.05) is 6.54 Å². The van der Waals surface area contributed by atoms with Crippen LogP contribution in [0.2, 0.25) is 0 Å². The molecule has 0 saturated heterocycles. The summed E-state index contributed by atoms with van der Waals surface area (Å²) in [6.07, 6.45) is 43.5. The SMILES string of the molecule is CC1=CC=C(C)CC=C1.CCCC(C)CCC.CCCCC1C=CC(CC(C)C(CCC)/C(=C\CN)CCC)=CC1.CCCCCCC. The highest BCUT2D eigenvalue weighted by atomic mass is 14.5. The van der Waals surface area contributed by atoms with Crippen molar-refractivity contribution in [3.63, 3.8) is 0 Å². The summed E-state index contributed by atoms with van der Waals surface area (Å²) in [4.78, 5) is 0. The molecule has 0 fully saturated rings. The number of nitrogens with two attached hydrogens (primary N) is 1. The van der Waals surface area contributed by atoms with Crippen LogP contribution in [0.15, 0.2) is 70.9 Å². The summed E-state index contributed by atoms with van der Waals surface area (Å²) in [6.45, 7) is 25.6. The largest absolute Gasteiger partial charge is 0.327 e. The maximum Gasteiger partial charge on any atom is 0.0109 e. The summed E-state index contributed by atoms with van der Waals surface area (Å²) in [7, 11) is 0. The van der Waals surface area contributed by atoms with Crippen LogP contribution in [0.1, 0.15) is 198 Å². The van der Waals surface area contributed by atoms with E-state index in [9.17, 15) is 0 Å². The average Bonchev–Trinajstić information content (AvgIpc) is 3.27. The molecule has 0 aromatic rings. The van der Waals surface area contributed by atoms with Gasteiger partial charge in [0.15, 0.2) is 0 Å². The van der Waals surface area contributed by atoms with Gasteiger partial charge in [0.25, 0.3) is 0 Å². The lowest BCUT2D eigenvalue weighted by atomic mass is 9.77. The molecule has 2 aliphatic rings. The molecule has 2 rings (SSSR count). The molecule has 0 heterocycles. The Morgan fingerprint density at radius 3 is 1.90 bits per heavy atom. The van der Waals surface area contributed by atoms with E-state index in [1.165, 1.54) is 127 Å². The van der Waals surface area contributed by atoms with Crippen LogP contribution in [-0.4, -0.2) is 6.54 Å². The van der Waals surface area contributed by atoms with Crippen LogP contribution in [0.25, 0.3) is 0 Å². The monoisotopic (exact) mass is 666 g/mol. The van der Waals surface area contributed by atoms with E-state index < -0.39 is 0 Å². The molecular weight excluding hydrogens is 579 g/mol. The van der Waals surface area contributed by atoms with Crippen molar-refractivity contribution in [2.45, 2.75) is 198 Å². The van der Waals surface area contributed by atoms with Crippen molar-refractivity contribution in [3.05, 3.63) is 70.9 Å². The molecule has 0 saturated carbocycles. The predicted octanol–water partition coefficient (Wildman–Crippen LogP) is 15.8. The van der Waals surface area contributed by atoms with E-state index in [2.05, 4.69) is 125 Å². The second kappa shape index (κ2) is 35.2. The van der Waals surface area contributed by atoms with E-state index in [4.69, 9.17) is 5.73 Å². The highest BCUT2D eigenvalue weighted by Gasteiger charge is 2.21. The molecule has 2 N–H and O–H groups in total. The Balaban J connectivity index is 0. The van der Waals surface area contributed by atoms with Crippen LogP contribution in [0.3, 0.4) is 0 Å². The molecule has 48 heavy (non-hydrogen) atoms. The molecule has 1 nitrogen and oxygen atoms in total. The molecule has 0 aliphatic heterocycles. The van der Waals surface area contributed by atoms with Crippen molar-refractivity contribution in [2.24, 2.45) is 29.4 Å². The Morgan fingerprint density at radius 2 is 1.40 bits per heavy atom. The number of allylic oxidation sites excluding steroid dienone is 11. The summed E-state index contributed by atoms with van der Waals surface area (Å²) in [6, 6.07) is 0. The van der Waals surface area contributed by atoms with Gasteiger partial charge < -0.3 is 5.73 Å². The van der Waals surface area contributed by atoms with Gasteiger partial charge in [-0.3, -0.25) is 0 Å². The maximum atomic E-state index is 5.83. The fraction of sp³-hybridized carbons (Fsp3) is 0.745. The van der Waals surface area contributed by atoms with Gasteiger partial charge in [0, 0.05) is 6.54 Å². The topological polar surface area (TPSA) is 26.0 Å². The molecule has 0 aromatic heterocycles. The molecule has 1 heteroatoms. The van der Waals surface area contributed by atoms with Crippen LogP contribution in [-0.2, 0) is 0 Å². The lowest BCUT2D eigenvalue weighted by Crippen LogP contribution is -2.17. The third-order valence-corrected chi connectivity index (χ3v) is 9.65. The van der Waals surface area contributed by atoms with E-state index in [0.717, 1.165) is 18.3 Å². The Morgan fingerprint density at radius 1 is 0.771 bits per heavy atom. The second-order valence-electron chi connectivity index (χ2n) is 14.9. The molecule has 0 amide bonds. The molecular formula is C47H87N. The highest BCUT2D eigenvalue weighted by molar-refractivity contribution is 5.28. The zero-order valence-electron chi connectivity index (χ0n) is 34.6. The van der Waals surface area contributed by atoms with Gasteiger partial charge in [-0.1, -0.05) is 217 Å². The minimum Gasteiger partial charge on any atom is -0.327 e. The van der Waals surface area contributed by atoms with E-state index >= 15 is 0 Å². The van der Waals surface area contributed by atoms with Crippen LogP contribution in [0, 0.1) is 23.7 Å². The summed E-state index contributed by atoms with van der Waals surface area (Å²) >= 11 is 0. The standard InChI is InChI=1S/C23H41N.C9H12.C8H18.C7H16/c1-5-8-11-20-12-14-21(15-13-20)18-19(4)23(10-7-3)22(9-6-2)16-17-24;1-8-4-3-5-9(2)7-6-8;1-4-6-8(3)7-5-2;1-3-5-7-6-4-2/h12,14-16,19-20,23H,5-11,13,17-18,24H2,1-4H3;3-4,6-7H,5H2,1-2H3;8H,4-7H2,1-3H3;3-7H2,1-2H3/b22-16-;;;. The molecule has 0 aromatic carbocycles. The number of hydrogen-bond acceptors (Lipinski definition) is 1. The molecule has 0 bridgehead atoms. The van der Waals surface area contributed by atoms with Crippen LogP contribution in [0.5, 0.6) is 0 Å². The summed E-state index contributed by atoms with van der Waals surface area (Å²) in [5.41, 5.74) is 11.8. The van der Waals surface area contributed by atoms with Crippen molar-refractivity contribution in [1.29, 1.82) is 0 Å². The van der Waals surface area contributed by atoms with Gasteiger partial charge in [-0.05, 0) is 76.0 Å². The first-order valence-corrected chi connectivity index (χ1v) is 20.9. The van der Waals surface area contributed by atoms with Crippen LogP contribution < -0.4 is 5.73 Å². The Bertz CT molecular complexity index is 884. The Labute approximate surface area is 304 Å². The van der Waals surface area contributed by atoms with Gasteiger partial charge in [-0.25, -0.2) is 0 Å². The molecule has 2 aliphatic carbocycles. The molecule has 3 unspecified atom stereocenters. The van der Waals surface area contributed by atoms with Crippen molar-refractivity contribution >= 4 is 0 Å². The minimum absolute atomic E-state index is 0.684. The minimum atomic E-state index is 0.684. The third kappa shape index (κ3) is 28.3. The smallest absolute Gasteiger partial charge is 0.0109 e. The van der Waals surface area contributed by atoms with Gasteiger partial charge in [-0.15, -0.1) is 0 Å². The zero-order chi connectivity index (χ0) is 36.4. The maximum absolute atomic E-state index is 5.83. The number of rotatable bonds is 20. The van der Waals surface area contributed by atoms with Gasteiger partial charge in [0.2, 0.25) is 0 Å². The van der Waals surface area contributed by atoms with Gasteiger partial charge >= 0.3 is 0 Å². The summed E-state index contributed by atoms with van der Waals surface area (Å²) < 4.78 is 0. The van der Waals surface area contributed by atoms with Gasteiger partial charge in [0.1, 0.15) is 0 Å². The van der Waals surface area contributed by atoms with E-state index in [-0.39, 0.29) is 0 Å². The zero-order valence-corrected chi connectivity index (χ0v) is 34.6. The third-order valence-electron chi connectivity index (χ3n) is 9.65.